The van der Waals surface area contributed by atoms with Crippen LogP contribution in [0.5, 0.6) is 5.75 Å². The predicted octanol–water partition coefficient (Wildman–Crippen LogP) is 2.57. The van der Waals surface area contributed by atoms with E-state index >= 15 is 0 Å². The monoisotopic (exact) mass is 285 g/mol. The van der Waals surface area contributed by atoms with E-state index in [0.717, 1.165) is 37.1 Å². The molecule has 0 spiro atoms. The third-order valence-electron chi connectivity index (χ3n) is 3.53. The third-order valence-corrected chi connectivity index (χ3v) is 3.53. The summed E-state index contributed by atoms with van der Waals surface area (Å²) in [5.74, 6) is 0.439. The Morgan fingerprint density at radius 1 is 1.33 bits per heavy atom. The van der Waals surface area contributed by atoms with Crippen LogP contribution >= 0.6 is 0 Å². The first kappa shape index (κ1) is 14.9. The van der Waals surface area contributed by atoms with Crippen LogP contribution in [0, 0.1) is 11.3 Å². The van der Waals surface area contributed by atoms with Gasteiger partial charge in [0, 0.05) is 17.9 Å². The number of rotatable bonds is 5. The van der Waals surface area contributed by atoms with Gasteiger partial charge in [-0.2, -0.15) is 5.26 Å². The molecule has 1 saturated carbocycles. The molecule has 2 rings (SSSR count). The van der Waals surface area contributed by atoms with Crippen LogP contribution in [0.1, 0.15) is 25.7 Å². The molecule has 0 atom stereocenters. The largest absolute Gasteiger partial charge is 0.497 e. The lowest BCUT2D eigenvalue weighted by molar-refractivity contribution is -0.117. The van der Waals surface area contributed by atoms with Crippen LogP contribution in [-0.4, -0.2) is 19.1 Å². The van der Waals surface area contributed by atoms with E-state index in [1.165, 1.54) is 6.20 Å². The second kappa shape index (κ2) is 7.34. The molecule has 0 unspecified atom stereocenters. The summed E-state index contributed by atoms with van der Waals surface area (Å²) in [7, 11) is 1.60. The van der Waals surface area contributed by atoms with E-state index in [0.29, 0.717) is 0 Å². The van der Waals surface area contributed by atoms with Crippen LogP contribution in [0.25, 0.3) is 0 Å². The molecule has 5 nitrogen and oxygen atoms in total. The molecule has 0 radical (unpaired) electrons. The molecule has 0 saturated heterocycles. The standard InChI is InChI=1S/C16H19N3O2/c1-21-15-8-6-13(7-9-15)18-11-12(10-17)16(20)19-14-4-2-3-5-14/h6-9,11,14,18H,2-5H2,1H3,(H,19,20)/b12-11-. The summed E-state index contributed by atoms with van der Waals surface area (Å²) in [4.78, 5) is 12.0. The number of nitrogens with one attached hydrogen (secondary N) is 2. The number of anilines is 1. The highest BCUT2D eigenvalue weighted by Gasteiger charge is 2.19. The SMILES string of the molecule is COc1ccc(N/C=C(/C#N)C(=O)NC2CCCC2)cc1. The van der Waals surface area contributed by atoms with Crippen LogP contribution in [-0.2, 0) is 4.79 Å². The Labute approximate surface area is 124 Å². The molecule has 0 bridgehead atoms. The number of ether oxygens (including phenoxy) is 1. The fourth-order valence-electron chi connectivity index (χ4n) is 2.32. The molecule has 0 aliphatic heterocycles. The number of carbonyl (C=O) groups excluding carboxylic acids is 1. The molecule has 2 N–H and O–H groups in total. The van der Waals surface area contributed by atoms with Crippen molar-refractivity contribution in [2.75, 3.05) is 12.4 Å². The normalized spacial score (nSPS) is 15.3. The number of nitriles is 1. The zero-order chi connectivity index (χ0) is 15.1. The van der Waals surface area contributed by atoms with Gasteiger partial charge in [0.25, 0.3) is 5.91 Å². The molecule has 0 heterocycles. The summed E-state index contributed by atoms with van der Waals surface area (Å²) in [6, 6.07) is 9.38. The zero-order valence-corrected chi connectivity index (χ0v) is 12.1. The van der Waals surface area contributed by atoms with E-state index in [9.17, 15) is 4.79 Å². The summed E-state index contributed by atoms with van der Waals surface area (Å²) in [5.41, 5.74) is 0.870. The van der Waals surface area contributed by atoms with Crippen molar-refractivity contribution in [1.82, 2.24) is 5.32 Å². The highest BCUT2D eigenvalue weighted by Crippen LogP contribution is 2.18. The summed E-state index contributed by atoms with van der Waals surface area (Å²) >= 11 is 0. The van der Waals surface area contributed by atoms with E-state index in [4.69, 9.17) is 10.00 Å². The Kier molecular flexibility index (Phi) is 5.22. The van der Waals surface area contributed by atoms with Crippen molar-refractivity contribution in [2.45, 2.75) is 31.7 Å². The van der Waals surface area contributed by atoms with Gasteiger partial charge in [-0.1, -0.05) is 12.8 Å². The summed E-state index contributed by atoms with van der Waals surface area (Å²) < 4.78 is 5.07. The fourth-order valence-corrected chi connectivity index (χ4v) is 2.32. The molecule has 1 aromatic rings. The Balaban J connectivity index is 1.95. The minimum Gasteiger partial charge on any atom is -0.497 e. The van der Waals surface area contributed by atoms with Gasteiger partial charge in [-0.05, 0) is 37.1 Å². The second-order valence-corrected chi connectivity index (χ2v) is 5.00. The number of hydrogen-bond acceptors (Lipinski definition) is 4. The van der Waals surface area contributed by atoms with Crippen LogP contribution in [0.4, 0.5) is 5.69 Å². The molecule has 1 amide bonds. The van der Waals surface area contributed by atoms with Gasteiger partial charge in [0.15, 0.2) is 0 Å². The van der Waals surface area contributed by atoms with Crippen LogP contribution in [0.3, 0.4) is 0 Å². The Morgan fingerprint density at radius 2 is 2.00 bits per heavy atom. The van der Waals surface area contributed by atoms with Crippen LogP contribution in [0.2, 0.25) is 0 Å². The van der Waals surface area contributed by atoms with Crippen LogP contribution in [0.15, 0.2) is 36.0 Å². The number of carbonyl (C=O) groups is 1. The van der Waals surface area contributed by atoms with Gasteiger partial charge < -0.3 is 15.4 Å². The minimum absolute atomic E-state index is 0.0812. The van der Waals surface area contributed by atoms with Crippen molar-refractivity contribution in [3.05, 3.63) is 36.0 Å². The molecule has 0 aromatic heterocycles. The average molecular weight is 285 g/mol. The number of amides is 1. The molecule has 110 valence electrons. The Bertz CT molecular complexity index is 552. The maximum absolute atomic E-state index is 12.0. The van der Waals surface area contributed by atoms with Gasteiger partial charge in [0.1, 0.15) is 17.4 Å². The molecular formula is C16H19N3O2. The zero-order valence-electron chi connectivity index (χ0n) is 12.1. The minimum atomic E-state index is -0.314. The van der Waals surface area contributed by atoms with Crippen molar-refractivity contribution in [3.63, 3.8) is 0 Å². The lowest BCUT2D eigenvalue weighted by Crippen LogP contribution is -2.33. The van der Waals surface area contributed by atoms with Crippen LogP contribution < -0.4 is 15.4 Å². The molecule has 1 fully saturated rings. The van der Waals surface area contributed by atoms with Gasteiger partial charge in [0.05, 0.1) is 7.11 Å². The van der Waals surface area contributed by atoms with E-state index in [2.05, 4.69) is 10.6 Å². The lowest BCUT2D eigenvalue weighted by Gasteiger charge is -2.11. The Hall–Kier alpha value is -2.48. The fraction of sp³-hybridized carbons (Fsp3) is 0.375. The van der Waals surface area contributed by atoms with Crippen molar-refractivity contribution in [3.8, 4) is 11.8 Å². The highest BCUT2D eigenvalue weighted by atomic mass is 16.5. The van der Waals surface area contributed by atoms with E-state index in [1.54, 1.807) is 19.2 Å². The highest BCUT2D eigenvalue weighted by molar-refractivity contribution is 5.97. The van der Waals surface area contributed by atoms with E-state index < -0.39 is 0 Å². The van der Waals surface area contributed by atoms with E-state index in [-0.39, 0.29) is 17.5 Å². The van der Waals surface area contributed by atoms with Gasteiger partial charge in [0.2, 0.25) is 0 Å². The van der Waals surface area contributed by atoms with Gasteiger partial charge in [-0.25, -0.2) is 0 Å². The summed E-state index contributed by atoms with van der Waals surface area (Å²) in [5, 5.41) is 14.9. The molecule has 1 aliphatic carbocycles. The number of methoxy groups -OCH3 is 1. The quantitative estimate of drug-likeness (QED) is 0.644. The topological polar surface area (TPSA) is 74.1 Å². The maximum Gasteiger partial charge on any atom is 0.263 e. The predicted molar refractivity (Wildman–Crippen MR) is 80.7 cm³/mol. The molecule has 1 aliphatic rings. The Morgan fingerprint density at radius 3 is 2.57 bits per heavy atom. The van der Waals surface area contributed by atoms with Gasteiger partial charge in [-0.15, -0.1) is 0 Å². The maximum atomic E-state index is 12.0. The van der Waals surface area contributed by atoms with Crippen molar-refractivity contribution in [2.24, 2.45) is 0 Å². The van der Waals surface area contributed by atoms with Crippen molar-refractivity contribution in [1.29, 1.82) is 5.26 Å². The molecule has 5 heteroatoms. The summed E-state index contributed by atoms with van der Waals surface area (Å²) in [6.45, 7) is 0. The molecule has 1 aromatic carbocycles. The number of hydrogen-bond donors (Lipinski definition) is 2. The van der Waals surface area contributed by atoms with Gasteiger partial charge >= 0.3 is 0 Å². The number of nitrogens with zero attached hydrogens (tertiary/aromatic N) is 1. The van der Waals surface area contributed by atoms with Crippen molar-refractivity contribution >= 4 is 11.6 Å². The lowest BCUT2D eigenvalue weighted by atomic mass is 10.2. The van der Waals surface area contributed by atoms with Gasteiger partial charge in [-0.3, -0.25) is 4.79 Å². The summed E-state index contributed by atoms with van der Waals surface area (Å²) in [6.07, 6.45) is 5.71. The first-order valence-electron chi connectivity index (χ1n) is 7.04. The van der Waals surface area contributed by atoms with Crippen molar-refractivity contribution < 1.29 is 9.53 Å². The molecule has 21 heavy (non-hydrogen) atoms. The smallest absolute Gasteiger partial charge is 0.263 e. The molecular weight excluding hydrogens is 266 g/mol. The first-order valence-corrected chi connectivity index (χ1v) is 7.04. The second-order valence-electron chi connectivity index (χ2n) is 5.00. The van der Waals surface area contributed by atoms with E-state index in [1.807, 2.05) is 18.2 Å². The first-order chi connectivity index (χ1) is 10.2. The average Bonchev–Trinajstić information content (AvgIpc) is 3.01. The number of benzene rings is 1. The third kappa shape index (κ3) is 4.25.